The third kappa shape index (κ3) is 6.34. The normalized spacial score (nSPS) is 10.7. The summed E-state index contributed by atoms with van der Waals surface area (Å²) in [4.78, 5) is 32.7. The minimum atomic E-state index is -0.772. The van der Waals surface area contributed by atoms with Gasteiger partial charge in [-0.3, -0.25) is 25.0 Å². The molecule has 0 aliphatic carbocycles. The van der Waals surface area contributed by atoms with E-state index in [4.69, 9.17) is 16.3 Å². The molecule has 0 bridgehead atoms. The fourth-order valence-corrected chi connectivity index (χ4v) is 3.05. The van der Waals surface area contributed by atoms with Crippen molar-refractivity contribution in [1.29, 1.82) is 0 Å². The summed E-state index contributed by atoms with van der Waals surface area (Å²) in [7, 11) is 0. The zero-order chi connectivity index (χ0) is 23.8. The molecule has 1 amide bonds. The van der Waals surface area contributed by atoms with Crippen LogP contribution < -0.4 is 10.2 Å². The molecule has 10 nitrogen and oxygen atoms in total. The van der Waals surface area contributed by atoms with E-state index in [0.29, 0.717) is 16.3 Å². The second-order valence-electron chi connectivity index (χ2n) is 6.72. The van der Waals surface area contributed by atoms with Crippen molar-refractivity contribution in [1.82, 2.24) is 5.43 Å². The highest BCUT2D eigenvalue weighted by Crippen LogP contribution is 2.25. The van der Waals surface area contributed by atoms with E-state index in [1.54, 1.807) is 30.3 Å². The smallest absolute Gasteiger partial charge is 0.279 e. The number of hydrazone groups is 1. The van der Waals surface area contributed by atoms with Gasteiger partial charge in [-0.05, 0) is 24.3 Å². The Bertz CT molecular complexity index is 1230. The zero-order valence-corrected chi connectivity index (χ0v) is 17.8. The number of nitro benzene ring substituents is 2. The average molecular weight is 469 g/mol. The summed E-state index contributed by atoms with van der Waals surface area (Å²) in [6.45, 7) is 0.237. The Kier molecular flexibility index (Phi) is 7.66. The van der Waals surface area contributed by atoms with Gasteiger partial charge in [-0.2, -0.15) is 5.10 Å². The van der Waals surface area contributed by atoms with Gasteiger partial charge < -0.3 is 4.74 Å². The van der Waals surface area contributed by atoms with Crippen LogP contribution in [0.15, 0.2) is 71.8 Å². The van der Waals surface area contributed by atoms with Gasteiger partial charge in [-0.25, -0.2) is 5.43 Å². The second-order valence-corrected chi connectivity index (χ2v) is 7.12. The first kappa shape index (κ1) is 23.4. The summed E-state index contributed by atoms with van der Waals surface area (Å²) in [6, 6.07) is 17.4. The number of hydrogen-bond donors (Lipinski definition) is 1. The molecule has 0 atom stereocenters. The van der Waals surface area contributed by atoms with Crippen molar-refractivity contribution in [2.45, 2.75) is 13.0 Å². The summed E-state index contributed by atoms with van der Waals surface area (Å²) in [5.41, 5.74) is 2.77. The van der Waals surface area contributed by atoms with Crippen molar-refractivity contribution >= 4 is 35.1 Å². The molecular weight excluding hydrogens is 452 g/mol. The first-order chi connectivity index (χ1) is 15.8. The number of ether oxygens (including phenoxy) is 1. The topological polar surface area (TPSA) is 137 Å². The van der Waals surface area contributed by atoms with Crippen LogP contribution in [0.1, 0.15) is 16.7 Å². The van der Waals surface area contributed by atoms with Crippen LogP contribution in [0.5, 0.6) is 5.75 Å². The highest BCUT2D eigenvalue weighted by Gasteiger charge is 2.21. The molecule has 0 saturated carbocycles. The summed E-state index contributed by atoms with van der Waals surface area (Å²) in [5, 5.41) is 26.5. The number of nitrogens with one attached hydrogen (secondary N) is 1. The molecular formula is C22H17ClN4O6. The maximum absolute atomic E-state index is 12.2. The third-order valence-electron chi connectivity index (χ3n) is 4.48. The van der Waals surface area contributed by atoms with Crippen LogP contribution in [-0.2, 0) is 17.8 Å². The Labute approximate surface area is 192 Å². The molecule has 0 heterocycles. The van der Waals surface area contributed by atoms with Gasteiger partial charge in [-0.15, -0.1) is 0 Å². The van der Waals surface area contributed by atoms with Crippen molar-refractivity contribution < 1.29 is 19.4 Å². The van der Waals surface area contributed by atoms with Gasteiger partial charge in [0.1, 0.15) is 12.4 Å². The number of benzene rings is 3. The van der Waals surface area contributed by atoms with Crippen molar-refractivity contribution in [2.24, 2.45) is 5.10 Å². The first-order valence-electron chi connectivity index (χ1n) is 9.54. The van der Waals surface area contributed by atoms with Crippen molar-refractivity contribution in [2.75, 3.05) is 0 Å². The Morgan fingerprint density at radius 2 is 1.73 bits per heavy atom. The highest BCUT2D eigenvalue weighted by molar-refractivity contribution is 6.31. The lowest BCUT2D eigenvalue weighted by Gasteiger charge is -2.10. The van der Waals surface area contributed by atoms with E-state index >= 15 is 0 Å². The van der Waals surface area contributed by atoms with Crippen LogP contribution in [-0.4, -0.2) is 22.0 Å². The minimum absolute atomic E-state index is 0.0294. The second kappa shape index (κ2) is 10.8. The van der Waals surface area contributed by atoms with E-state index in [1.165, 1.54) is 12.3 Å². The Morgan fingerprint density at radius 1 is 1.00 bits per heavy atom. The maximum Gasteiger partial charge on any atom is 0.279 e. The van der Waals surface area contributed by atoms with Crippen LogP contribution in [0.3, 0.4) is 0 Å². The summed E-state index contributed by atoms with van der Waals surface area (Å²) in [5.74, 6) is -0.112. The molecule has 0 aliphatic rings. The molecule has 33 heavy (non-hydrogen) atoms. The molecule has 0 saturated heterocycles. The molecule has 0 radical (unpaired) electrons. The molecule has 11 heteroatoms. The molecule has 1 N–H and O–H groups in total. The van der Waals surface area contributed by atoms with E-state index in [0.717, 1.165) is 17.7 Å². The summed E-state index contributed by atoms with van der Waals surface area (Å²) in [6.07, 6.45) is 1.00. The molecule has 0 fully saturated rings. The number of halogens is 1. The van der Waals surface area contributed by atoms with Crippen molar-refractivity contribution in [3.05, 3.63) is 109 Å². The number of rotatable bonds is 9. The number of para-hydroxylation sites is 1. The van der Waals surface area contributed by atoms with Gasteiger partial charge in [-0.1, -0.05) is 41.9 Å². The average Bonchev–Trinajstić information content (AvgIpc) is 2.79. The summed E-state index contributed by atoms with van der Waals surface area (Å²) >= 11 is 6.14. The Morgan fingerprint density at radius 3 is 2.45 bits per heavy atom. The van der Waals surface area contributed by atoms with Gasteiger partial charge in [0, 0.05) is 27.8 Å². The van der Waals surface area contributed by atoms with Gasteiger partial charge in [0.15, 0.2) is 0 Å². The number of nitro groups is 2. The van der Waals surface area contributed by atoms with E-state index in [-0.39, 0.29) is 18.6 Å². The predicted molar refractivity (Wildman–Crippen MR) is 121 cm³/mol. The zero-order valence-electron chi connectivity index (χ0n) is 17.0. The molecule has 0 unspecified atom stereocenters. The number of carbonyl (C=O) groups excluding carboxylic acids is 1. The quantitative estimate of drug-likeness (QED) is 0.280. The van der Waals surface area contributed by atoms with Crippen LogP contribution in [0.25, 0.3) is 0 Å². The molecule has 0 spiro atoms. The van der Waals surface area contributed by atoms with E-state index in [1.807, 2.05) is 18.2 Å². The van der Waals surface area contributed by atoms with Gasteiger partial charge >= 0.3 is 0 Å². The van der Waals surface area contributed by atoms with E-state index < -0.39 is 27.1 Å². The van der Waals surface area contributed by atoms with Crippen LogP contribution in [0.2, 0.25) is 5.02 Å². The largest absolute Gasteiger partial charge is 0.488 e. The molecule has 3 aromatic rings. The van der Waals surface area contributed by atoms with E-state index in [9.17, 15) is 25.0 Å². The Balaban J connectivity index is 1.65. The van der Waals surface area contributed by atoms with E-state index in [2.05, 4.69) is 10.5 Å². The number of carbonyl (C=O) groups is 1. The molecule has 168 valence electrons. The van der Waals surface area contributed by atoms with Gasteiger partial charge in [0.2, 0.25) is 5.91 Å². The third-order valence-corrected chi connectivity index (χ3v) is 4.85. The lowest BCUT2D eigenvalue weighted by Crippen LogP contribution is -2.20. The molecule has 3 rings (SSSR count). The van der Waals surface area contributed by atoms with Crippen LogP contribution in [0, 0.1) is 20.2 Å². The number of hydrogen-bond acceptors (Lipinski definition) is 7. The van der Waals surface area contributed by atoms with Gasteiger partial charge in [0.05, 0.1) is 28.5 Å². The first-order valence-corrected chi connectivity index (χ1v) is 9.92. The van der Waals surface area contributed by atoms with Crippen LogP contribution >= 0.6 is 11.6 Å². The fourth-order valence-electron chi connectivity index (χ4n) is 2.86. The Hall–Kier alpha value is -4.31. The summed E-state index contributed by atoms with van der Waals surface area (Å²) < 4.78 is 5.81. The van der Waals surface area contributed by atoms with Gasteiger partial charge in [0.25, 0.3) is 11.4 Å². The number of non-ortho nitro benzene ring substituents is 1. The minimum Gasteiger partial charge on any atom is -0.488 e. The molecule has 0 aliphatic heterocycles. The SMILES string of the molecule is O=C(Cc1ccc([N+](=O)[O-])cc1[N+](=O)[O-])N/N=C/c1ccccc1OCc1ccccc1Cl. The van der Waals surface area contributed by atoms with Crippen molar-refractivity contribution in [3.63, 3.8) is 0 Å². The maximum atomic E-state index is 12.2. The predicted octanol–water partition coefficient (Wildman–Crippen LogP) is 4.43. The molecule has 0 aromatic heterocycles. The monoisotopic (exact) mass is 468 g/mol. The van der Waals surface area contributed by atoms with Crippen molar-refractivity contribution in [3.8, 4) is 5.75 Å². The highest BCUT2D eigenvalue weighted by atomic mass is 35.5. The fraction of sp³-hybridized carbons (Fsp3) is 0.0909. The number of amides is 1. The lowest BCUT2D eigenvalue weighted by atomic mass is 10.1. The lowest BCUT2D eigenvalue weighted by molar-refractivity contribution is -0.394. The molecule has 3 aromatic carbocycles. The number of nitrogens with zero attached hydrogens (tertiary/aromatic N) is 3. The standard InChI is InChI=1S/C22H17ClN4O6/c23-19-7-3-1-6-17(19)14-33-21-8-4-2-5-16(21)13-24-25-22(28)11-15-9-10-18(26(29)30)12-20(15)27(31)32/h1-10,12-13H,11,14H2,(H,25,28)/b24-13+. The van der Waals surface area contributed by atoms with Crippen LogP contribution in [0.4, 0.5) is 11.4 Å².